The minimum Gasteiger partial charge on any atom is -0.350 e. The maximum atomic E-state index is 12.6. The zero-order chi connectivity index (χ0) is 20.0. The molecule has 0 aliphatic heterocycles. The molecule has 1 unspecified atom stereocenters. The number of hydrogen-bond acceptors (Lipinski definition) is 2. The van der Waals surface area contributed by atoms with Crippen molar-refractivity contribution in [2.75, 3.05) is 0 Å². The van der Waals surface area contributed by atoms with Gasteiger partial charge in [-0.2, -0.15) is 13.2 Å². The number of amides is 1. The van der Waals surface area contributed by atoms with E-state index in [1.165, 1.54) is 12.1 Å². The largest absolute Gasteiger partial charge is 0.416 e. The van der Waals surface area contributed by atoms with Crippen molar-refractivity contribution in [3.05, 3.63) is 70.8 Å². The molecule has 3 nitrogen and oxygen atoms in total. The van der Waals surface area contributed by atoms with Gasteiger partial charge in [0.15, 0.2) is 5.78 Å². The fourth-order valence-corrected chi connectivity index (χ4v) is 2.66. The average Bonchev–Trinajstić information content (AvgIpc) is 2.65. The first-order valence-electron chi connectivity index (χ1n) is 8.79. The third kappa shape index (κ3) is 5.94. The number of nitrogens with one attached hydrogen (secondary N) is 1. The molecule has 2 aromatic carbocycles. The number of alkyl halides is 3. The number of halogens is 3. The molecule has 27 heavy (non-hydrogen) atoms. The zero-order valence-electron chi connectivity index (χ0n) is 15.3. The van der Waals surface area contributed by atoms with Crippen molar-refractivity contribution < 1.29 is 22.8 Å². The zero-order valence-corrected chi connectivity index (χ0v) is 15.3. The lowest BCUT2D eigenvalue weighted by molar-refractivity contribution is -0.137. The molecule has 0 aliphatic rings. The predicted octanol–water partition coefficient (Wildman–Crippen LogP) is 5.11. The van der Waals surface area contributed by atoms with Gasteiger partial charge in [-0.25, -0.2) is 0 Å². The van der Waals surface area contributed by atoms with Crippen molar-refractivity contribution >= 4 is 11.7 Å². The molecule has 0 aromatic heterocycles. The van der Waals surface area contributed by atoms with E-state index in [0.717, 1.165) is 24.1 Å². The SMILES string of the molecule is CCc1ccc(C(=O)CCC(=O)NC(C)c2ccc(C(F)(F)F)cc2)cc1. The first-order chi connectivity index (χ1) is 12.7. The number of carbonyl (C=O) groups is 2. The first kappa shape index (κ1) is 20.7. The van der Waals surface area contributed by atoms with Crippen LogP contribution in [0.25, 0.3) is 0 Å². The summed E-state index contributed by atoms with van der Waals surface area (Å²) in [6.07, 6.45) is -3.39. The van der Waals surface area contributed by atoms with Crippen LogP contribution in [0.5, 0.6) is 0 Å². The van der Waals surface area contributed by atoms with Crippen LogP contribution < -0.4 is 5.32 Å². The fourth-order valence-electron chi connectivity index (χ4n) is 2.66. The molecule has 0 saturated heterocycles. The van der Waals surface area contributed by atoms with Crippen LogP contribution >= 0.6 is 0 Å². The fraction of sp³-hybridized carbons (Fsp3) is 0.333. The molecular formula is C21H22F3NO2. The van der Waals surface area contributed by atoms with Crippen molar-refractivity contribution in [3.63, 3.8) is 0 Å². The minimum absolute atomic E-state index is 0.0271. The van der Waals surface area contributed by atoms with E-state index < -0.39 is 17.8 Å². The Labute approximate surface area is 156 Å². The molecule has 0 radical (unpaired) electrons. The standard InChI is InChI=1S/C21H22F3NO2/c1-3-15-4-6-17(7-5-15)19(26)12-13-20(27)25-14(2)16-8-10-18(11-9-16)21(22,23)24/h4-11,14H,3,12-13H2,1-2H3,(H,25,27). The Morgan fingerprint density at radius 3 is 2.07 bits per heavy atom. The number of ketones is 1. The van der Waals surface area contributed by atoms with Gasteiger partial charge in [-0.3, -0.25) is 9.59 Å². The van der Waals surface area contributed by atoms with Gasteiger partial charge >= 0.3 is 6.18 Å². The summed E-state index contributed by atoms with van der Waals surface area (Å²) in [5.41, 5.74) is 1.53. The van der Waals surface area contributed by atoms with Gasteiger partial charge in [0.1, 0.15) is 0 Å². The van der Waals surface area contributed by atoms with Crippen LogP contribution in [0.1, 0.15) is 59.8 Å². The second kappa shape index (κ2) is 8.84. The van der Waals surface area contributed by atoms with Crippen molar-refractivity contribution in [1.29, 1.82) is 0 Å². The number of Topliss-reactive ketones (excluding diaryl/α,β-unsaturated/α-hetero) is 1. The van der Waals surface area contributed by atoms with E-state index in [4.69, 9.17) is 0 Å². The van der Waals surface area contributed by atoms with Crippen molar-refractivity contribution in [2.45, 2.75) is 45.3 Å². The molecule has 0 bridgehead atoms. The normalized spacial score (nSPS) is 12.5. The monoisotopic (exact) mass is 377 g/mol. The number of benzene rings is 2. The quantitative estimate of drug-likeness (QED) is 0.682. The van der Waals surface area contributed by atoms with Gasteiger partial charge < -0.3 is 5.32 Å². The number of carbonyl (C=O) groups excluding carboxylic acids is 2. The highest BCUT2D eigenvalue weighted by Gasteiger charge is 2.30. The molecule has 144 valence electrons. The van der Waals surface area contributed by atoms with Gasteiger partial charge in [-0.15, -0.1) is 0 Å². The first-order valence-corrected chi connectivity index (χ1v) is 8.79. The lowest BCUT2D eigenvalue weighted by atomic mass is 10.0. The van der Waals surface area contributed by atoms with Gasteiger partial charge in [0, 0.05) is 18.4 Å². The number of rotatable bonds is 7. The second-order valence-corrected chi connectivity index (χ2v) is 6.38. The highest BCUT2D eigenvalue weighted by atomic mass is 19.4. The van der Waals surface area contributed by atoms with Gasteiger partial charge in [0.25, 0.3) is 0 Å². The Morgan fingerprint density at radius 1 is 0.963 bits per heavy atom. The van der Waals surface area contributed by atoms with E-state index >= 15 is 0 Å². The van der Waals surface area contributed by atoms with Crippen LogP contribution in [0.3, 0.4) is 0 Å². The summed E-state index contributed by atoms with van der Waals surface area (Å²) in [6, 6.07) is 11.5. The Bertz CT molecular complexity index is 781. The van der Waals surface area contributed by atoms with Crippen LogP contribution in [-0.4, -0.2) is 11.7 Å². The molecule has 0 fully saturated rings. The summed E-state index contributed by atoms with van der Waals surface area (Å²) in [4.78, 5) is 24.2. The van der Waals surface area contributed by atoms with Crippen LogP contribution in [-0.2, 0) is 17.4 Å². The molecule has 1 atom stereocenters. The topological polar surface area (TPSA) is 46.2 Å². The molecule has 2 rings (SSSR count). The van der Waals surface area contributed by atoms with Gasteiger partial charge in [-0.05, 0) is 36.6 Å². The third-order valence-corrected chi connectivity index (χ3v) is 4.38. The summed E-state index contributed by atoms with van der Waals surface area (Å²) in [5, 5.41) is 2.71. The van der Waals surface area contributed by atoms with Crippen molar-refractivity contribution in [1.82, 2.24) is 5.32 Å². The maximum absolute atomic E-state index is 12.6. The molecule has 1 N–H and O–H groups in total. The number of hydrogen-bond donors (Lipinski definition) is 1. The summed E-state index contributed by atoms with van der Waals surface area (Å²) >= 11 is 0. The molecular weight excluding hydrogens is 355 g/mol. The molecule has 2 aromatic rings. The van der Waals surface area contributed by atoms with Gasteiger partial charge in [-0.1, -0.05) is 43.3 Å². The molecule has 0 heterocycles. The van der Waals surface area contributed by atoms with Gasteiger partial charge in [0.05, 0.1) is 11.6 Å². The summed E-state index contributed by atoms with van der Waals surface area (Å²) in [6.45, 7) is 3.71. The molecule has 6 heteroatoms. The van der Waals surface area contributed by atoms with Crippen LogP contribution in [0.2, 0.25) is 0 Å². The summed E-state index contributed by atoms with van der Waals surface area (Å²) < 4.78 is 37.8. The lowest BCUT2D eigenvalue weighted by Crippen LogP contribution is -2.27. The van der Waals surface area contributed by atoms with Gasteiger partial charge in [0.2, 0.25) is 5.91 Å². The van der Waals surface area contributed by atoms with Crippen LogP contribution in [0, 0.1) is 0 Å². The van der Waals surface area contributed by atoms with E-state index in [-0.39, 0.29) is 24.5 Å². The van der Waals surface area contributed by atoms with Crippen LogP contribution in [0.4, 0.5) is 13.2 Å². The highest BCUT2D eigenvalue weighted by molar-refractivity contribution is 5.98. The highest BCUT2D eigenvalue weighted by Crippen LogP contribution is 2.29. The lowest BCUT2D eigenvalue weighted by Gasteiger charge is -2.15. The Hall–Kier alpha value is -2.63. The van der Waals surface area contributed by atoms with Crippen molar-refractivity contribution in [3.8, 4) is 0 Å². The molecule has 0 aliphatic carbocycles. The average molecular weight is 377 g/mol. The predicted molar refractivity (Wildman–Crippen MR) is 97.4 cm³/mol. The summed E-state index contributed by atoms with van der Waals surface area (Å²) in [5.74, 6) is -0.434. The Morgan fingerprint density at radius 2 is 1.56 bits per heavy atom. The van der Waals surface area contributed by atoms with Crippen LogP contribution in [0.15, 0.2) is 48.5 Å². The maximum Gasteiger partial charge on any atom is 0.416 e. The smallest absolute Gasteiger partial charge is 0.350 e. The molecule has 0 spiro atoms. The van der Waals surface area contributed by atoms with E-state index in [1.807, 2.05) is 19.1 Å². The second-order valence-electron chi connectivity index (χ2n) is 6.38. The van der Waals surface area contributed by atoms with E-state index in [2.05, 4.69) is 5.32 Å². The Balaban J connectivity index is 1.86. The van der Waals surface area contributed by atoms with Crippen molar-refractivity contribution in [2.24, 2.45) is 0 Å². The molecule has 1 amide bonds. The number of aryl methyl sites for hydroxylation is 1. The summed E-state index contributed by atoms with van der Waals surface area (Å²) in [7, 11) is 0. The van der Waals surface area contributed by atoms with E-state index in [1.54, 1.807) is 19.1 Å². The Kier molecular flexibility index (Phi) is 6.77. The third-order valence-electron chi connectivity index (χ3n) is 4.38. The molecule has 0 saturated carbocycles. The van der Waals surface area contributed by atoms with E-state index in [9.17, 15) is 22.8 Å². The van der Waals surface area contributed by atoms with E-state index in [0.29, 0.717) is 11.1 Å². The minimum atomic E-state index is -4.39.